The van der Waals surface area contributed by atoms with Gasteiger partial charge in [0, 0.05) is 18.5 Å². The lowest BCUT2D eigenvalue weighted by atomic mass is 9.94. The number of nitrogens with one attached hydrogen (secondary N) is 1. The van der Waals surface area contributed by atoms with Crippen molar-refractivity contribution >= 4 is 12.0 Å². The van der Waals surface area contributed by atoms with Crippen molar-refractivity contribution in [1.82, 2.24) is 10.2 Å². The summed E-state index contributed by atoms with van der Waals surface area (Å²) < 4.78 is 11.3. The second-order valence-electron chi connectivity index (χ2n) is 8.34. The maximum atomic E-state index is 12.8. The van der Waals surface area contributed by atoms with Gasteiger partial charge in [-0.25, -0.2) is 4.79 Å². The van der Waals surface area contributed by atoms with Crippen molar-refractivity contribution in [3.8, 4) is 11.1 Å². The average molecular weight is 406 g/mol. The summed E-state index contributed by atoms with van der Waals surface area (Å²) in [7, 11) is 0. The number of fused-ring (bicyclic) bond motifs is 3. The van der Waals surface area contributed by atoms with Crippen LogP contribution in [0.2, 0.25) is 0 Å². The number of carbonyl (C=O) groups is 2. The van der Waals surface area contributed by atoms with E-state index in [1.807, 2.05) is 12.1 Å². The Labute approximate surface area is 176 Å². The molecule has 1 aliphatic heterocycles. The zero-order valence-corrected chi connectivity index (χ0v) is 17.1. The summed E-state index contributed by atoms with van der Waals surface area (Å²) in [6.45, 7) is 3.39. The molecule has 0 radical (unpaired) electrons. The molecule has 2 atom stereocenters. The Morgan fingerprint density at radius 1 is 1.13 bits per heavy atom. The SMILES string of the molecule is Cc1cccc2c1C(COC(=O)N1CCOC(C(=O)NC3CC3)C1)c1ccccc1-2. The Morgan fingerprint density at radius 3 is 2.77 bits per heavy atom. The minimum atomic E-state index is -0.623. The number of carbonyl (C=O) groups excluding carboxylic acids is 2. The van der Waals surface area contributed by atoms with Gasteiger partial charge in [-0.05, 0) is 47.6 Å². The largest absolute Gasteiger partial charge is 0.448 e. The molecule has 2 aromatic rings. The van der Waals surface area contributed by atoms with Gasteiger partial charge in [0.05, 0.1) is 13.2 Å². The topological polar surface area (TPSA) is 67.9 Å². The van der Waals surface area contributed by atoms with Gasteiger partial charge in [-0.2, -0.15) is 0 Å². The van der Waals surface area contributed by atoms with E-state index in [1.165, 1.54) is 27.8 Å². The van der Waals surface area contributed by atoms with Crippen molar-refractivity contribution in [3.63, 3.8) is 0 Å². The molecule has 2 aromatic carbocycles. The van der Waals surface area contributed by atoms with E-state index in [1.54, 1.807) is 4.90 Å². The predicted octanol–water partition coefficient (Wildman–Crippen LogP) is 3.22. The lowest BCUT2D eigenvalue weighted by Gasteiger charge is -2.31. The minimum absolute atomic E-state index is 0.0244. The van der Waals surface area contributed by atoms with E-state index in [0.29, 0.717) is 13.2 Å². The number of hydrogen-bond acceptors (Lipinski definition) is 4. The molecule has 1 saturated carbocycles. The summed E-state index contributed by atoms with van der Waals surface area (Å²) in [4.78, 5) is 26.6. The van der Waals surface area contributed by atoms with E-state index < -0.39 is 6.10 Å². The summed E-state index contributed by atoms with van der Waals surface area (Å²) in [5.41, 5.74) is 6.05. The van der Waals surface area contributed by atoms with Crippen molar-refractivity contribution in [2.45, 2.75) is 37.8 Å². The molecule has 0 spiro atoms. The fourth-order valence-electron chi connectivity index (χ4n) is 4.49. The smallest absolute Gasteiger partial charge is 0.409 e. The highest BCUT2D eigenvalue weighted by atomic mass is 16.6. The maximum absolute atomic E-state index is 12.8. The van der Waals surface area contributed by atoms with Gasteiger partial charge in [-0.15, -0.1) is 0 Å². The monoisotopic (exact) mass is 406 g/mol. The zero-order chi connectivity index (χ0) is 20.7. The third-order valence-electron chi connectivity index (χ3n) is 6.21. The molecular formula is C24H26N2O4. The molecule has 2 amide bonds. The Hall–Kier alpha value is -2.86. The van der Waals surface area contributed by atoms with Crippen molar-refractivity contribution in [2.24, 2.45) is 0 Å². The van der Waals surface area contributed by atoms with Crippen molar-refractivity contribution in [2.75, 3.05) is 26.3 Å². The average Bonchev–Trinajstić information content (AvgIpc) is 3.52. The summed E-state index contributed by atoms with van der Waals surface area (Å²) in [5, 5.41) is 2.95. The highest BCUT2D eigenvalue weighted by Gasteiger charge is 2.35. The fourth-order valence-corrected chi connectivity index (χ4v) is 4.49. The molecule has 5 rings (SSSR count). The second kappa shape index (κ2) is 7.76. The summed E-state index contributed by atoms with van der Waals surface area (Å²) >= 11 is 0. The van der Waals surface area contributed by atoms with Crippen molar-refractivity contribution in [1.29, 1.82) is 0 Å². The van der Waals surface area contributed by atoms with Crippen LogP contribution in [0.3, 0.4) is 0 Å². The van der Waals surface area contributed by atoms with Gasteiger partial charge in [-0.1, -0.05) is 42.5 Å². The van der Waals surface area contributed by atoms with Crippen LogP contribution in [-0.4, -0.2) is 55.3 Å². The lowest BCUT2D eigenvalue weighted by molar-refractivity contribution is -0.137. The van der Waals surface area contributed by atoms with E-state index in [0.717, 1.165) is 12.8 Å². The molecule has 0 aromatic heterocycles. The number of aryl methyl sites for hydroxylation is 1. The number of amides is 2. The lowest BCUT2D eigenvalue weighted by Crippen LogP contribution is -2.52. The molecule has 1 N–H and O–H groups in total. The molecule has 0 bridgehead atoms. The molecule has 30 heavy (non-hydrogen) atoms. The van der Waals surface area contributed by atoms with E-state index in [2.05, 4.69) is 42.6 Å². The highest BCUT2D eigenvalue weighted by molar-refractivity contribution is 5.83. The Bertz CT molecular complexity index is 985. The van der Waals surface area contributed by atoms with Crippen LogP contribution in [0, 0.1) is 6.92 Å². The van der Waals surface area contributed by atoms with E-state index >= 15 is 0 Å². The molecule has 156 valence electrons. The number of rotatable bonds is 4. The first-order valence-corrected chi connectivity index (χ1v) is 10.6. The molecule has 6 heteroatoms. The minimum Gasteiger partial charge on any atom is -0.448 e. The summed E-state index contributed by atoms with van der Waals surface area (Å²) in [5.74, 6) is -0.111. The Morgan fingerprint density at radius 2 is 1.93 bits per heavy atom. The van der Waals surface area contributed by atoms with Crippen molar-refractivity contribution in [3.05, 3.63) is 59.2 Å². The zero-order valence-electron chi connectivity index (χ0n) is 17.1. The van der Waals surface area contributed by atoms with E-state index in [4.69, 9.17) is 9.47 Å². The molecule has 2 unspecified atom stereocenters. The van der Waals surface area contributed by atoms with E-state index in [-0.39, 0.29) is 37.1 Å². The Balaban J connectivity index is 1.27. The number of benzene rings is 2. The first-order chi connectivity index (χ1) is 14.6. The standard InChI is InChI=1S/C24H26N2O4/c1-15-5-4-8-19-17-6-2-3-7-18(17)20(22(15)19)14-30-24(28)26-11-12-29-21(13-26)23(27)25-16-9-10-16/h2-8,16,20-21H,9-14H2,1H3,(H,25,27). The van der Waals surface area contributed by atoms with Crippen LogP contribution in [0.15, 0.2) is 42.5 Å². The van der Waals surface area contributed by atoms with Crippen LogP contribution in [0.1, 0.15) is 35.4 Å². The molecule has 1 saturated heterocycles. The quantitative estimate of drug-likeness (QED) is 0.847. The molecule has 1 heterocycles. The maximum Gasteiger partial charge on any atom is 0.409 e. The predicted molar refractivity (Wildman–Crippen MR) is 112 cm³/mol. The summed E-state index contributed by atoms with van der Waals surface area (Å²) in [6.07, 6.45) is 1.03. The van der Waals surface area contributed by atoms with Crippen molar-refractivity contribution < 1.29 is 19.1 Å². The van der Waals surface area contributed by atoms with Crippen LogP contribution in [0.25, 0.3) is 11.1 Å². The van der Waals surface area contributed by atoms with Gasteiger partial charge in [0.25, 0.3) is 5.91 Å². The number of hydrogen-bond donors (Lipinski definition) is 1. The molecule has 3 aliphatic rings. The third kappa shape index (κ3) is 3.56. The first kappa shape index (κ1) is 19.1. The van der Waals surface area contributed by atoms with Gasteiger partial charge < -0.3 is 19.7 Å². The fraction of sp³-hybridized carbons (Fsp3) is 0.417. The normalized spacial score (nSPS) is 22.2. The van der Waals surface area contributed by atoms with Gasteiger partial charge in [0.1, 0.15) is 6.61 Å². The third-order valence-corrected chi connectivity index (χ3v) is 6.21. The van der Waals surface area contributed by atoms with E-state index in [9.17, 15) is 9.59 Å². The Kier molecular flexibility index (Phi) is 4.95. The number of morpholine rings is 1. The van der Waals surface area contributed by atoms with Crippen LogP contribution in [0.4, 0.5) is 4.79 Å². The second-order valence-corrected chi connectivity index (χ2v) is 8.34. The van der Waals surface area contributed by atoms with Crippen LogP contribution in [0.5, 0.6) is 0 Å². The van der Waals surface area contributed by atoms with Crippen LogP contribution < -0.4 is 5.32 Å². The van der Waals surface area contributed by atoms with Gasteiger partial charge >= 0.3 is 6.09 Å². The van der Waals surface area contributed by atoms with Gasteiger partial charge in [0.15, 0.2) is 6.10 Å². The summed E-state index contributed by atoms with van der Waals surface area (Å²) in [6, 6.07) is 14.9. The number of ether oxygens (including phenoxy) is 2. The van der Waals surface area contributed by atoms with Crippen LogP contribution in [-0.2, 0) is 14.3 Å². The van der Waals surface area contributed by atoms with Gasteiger partial charge in [0.2, 0.25) is 0 Å². The number of nitrogens with zero attached hydrogens (tertiary/aromatic N) is 1. The van der Waals surface area contributed by atoms with Gasteiger partial charge in [-0.3, -0.25) is 4.79 Å². The highest BCUT2D eigenvalue weighted by Crippen LogP contribution is 2.46. The molecule has 6 nitrogen and oxygen atoms in total. The first-order valence-electron chi connectivity index (χ1n) is 10.6. The molecule has 2 aliphatic carbocycles. The molecular weight excluding hydrogens is 380 g/mol. The molecule has 2 fully saturated rings. The van der Waals surface area contributed by atoms with Crippen LogP contribution >= 0.6 is 0 Å².